The van der Waals surface area contributed by atoms with Crippen molar-refractivity contribution in [3.63, 3.8) is 0 Å². The van der Waals surface area contributed by atoms with Gasteiger partial charge in [-0.05, 0) is 24.3 Å². The molecule has 0 spiro atoms. The zero-order valence-electron chi connectivity index (χ0n) is 14.8. The standard InChI is InChI=1S/C19H21N4O3/c1-23(2,13-15-7-9-16(10-8-15)22(25)26)12-11-21-14-20-18-6-4-3-5-17(18)19(21)24/h3-10,14H,11-13H2,1-2H3/q+1. The lowest BCUT2D eigenvalue weighted by molar-refractivity contribution is -0.904. The van der Waals surface area contributed by atoms with Crippen LogP contribution in [0.15, 0.2) is 59.7 Å². The highest BCUT2D eigenvalue weighted by Gasteiger charge is 2.17. The fraction of sp³-hybridized carbons (Fsp3) is 0.263. The van der Waals surface area contributed by atoms with E-state index in [9.17, 15) is 14.9 Å². The fourth-order valence-corrected chi connectivity index (χ4v) is 2.94. The summed E-state index contributed by atoms with van der Waals surface area (Å²) in [6.45, 7) is 2.00. The Morgan fingerprint density at radius 3 is 2.50 bits per heavy atom. The zero-order chi connectivity index (χ0) is 18.7. The molecule has 0 fully saturated rings. The highest BCUT2D eigenvalue weighted by Crippen LogP contribution is 2.15. The molecule has 0 N–H and O–H groups in total. The van der Waals surface area contributed by atoms with Crippen LogP contribution in [0.3, 0.4) is 0 Å². The van der Waals surface area contributed by atoms with Crippen LogP contribution in [0.4, 0.5) is 5.69 Å². The van der Waals surface area contributed by atoms with Crippen LogP contribution in [0.25, 0.3) is 10.9 Å². The van der Waals surface area contributed by atoms with Crippen molar-refractivity contribution < 1.29 is 9.41 Å². The minimum atomic E-state index is -0.400. The van der Waals surface area contributed by atoms with Crippen LogP contribution in [0.1, 0.15) is 5.56 Å². The molecule has 134 valence electrons. The van der Waals surface area contributed by atoms with Crippen molar-refractivity contribution >= 4 is 16.6 Å². The molecule has 1 aromatic heterocycles. The molecule has 0 radical (unpaired) electrons. The van der Waals surface area contributed by atoms with Crippen molar-refractivity contribution in [1.29, 1.82) is 0 Å². The molecule has 7 nitrogen and oxygen atoms in total. The summed E-state index contributed by atoms with van der Waals surface area (Å²) in [5.74, 6) is 0. The molecule has 0 atom stereocenters. The molecule has 1 heterocycles. The van der Waals surface area contributed by atoms with Gasteiger partial charge in [0.15, 0.2) is 0 Å². The number of aromatic nitrogens is 2. The van der Waals surface area contributed by atoms with E-state index in [0.29, 0.717) is 28.5 Å². The molecule has 0 unspecified atom stereocenters. The lowest BCUT2D eigenvalue weighted by Crippen LogP contribution is -2.42. The van der Waals surface area contributed by atoms with Crippen LogP contribution < -0.4 is 5.56 Å². The number of hydrogen-bond donors (Lipinski definition) is 0. The lowest BCUT2D eigenvalue weighted by Gasteiger charge is -2.30. The van der Waals surface area contributed by atoms with Crippen molar-refractivity contribution in [3.05, 3.63) is 80.9 Å². The number of benzene rings is 2. The van der Waals surface area contributed by atoms with Crippen LogP contribution in [-0.2, 0) is 13.1 Å². The van der Waals surface area contributed by atoms with E-state index >= 15 is 0 Å². The third-order valence-electron chi connectivity index (χ3n) is 4.44. The summed E-state index contributed by atoms with van der Waals surface area (Å²) in [5.41, 5.74) is 1.77. The quantitative estimate of drug-likeness (QED) is 0.388. The molecule has 0 saturated heterocycles. The Hall–Kier alpha value is -3.06. The van der Waals surface area contributed by atoms with E-state index in [1.54, 1.807) is 29.1 Å². The van der Waals surface area contributed by atoms with Crippen molar-refractivity contribution in [2.24, 2.45) is 0 Å². The number of non-ortho nitro benzene ring substituents is 1. The van der Waals surface area contributed by atoms with Gasteiger partial charge in [0.25, 0.3) is 11.2 Å². The first kappa shape index (κ1) is 17.8. The van der Waals surface area contributed by atoms with Crippen molar-refractivity contribution in [3.8, 4) is 0 Å². The number of para-hydroxylation sites is 1. The number of nitrogens with zero attached hydrogens (tertiary/aromatic N) is 4. The average molecular weight is 353 g/mol. The van der Waals surface area contributed by atoms with E-state index in [1.165, 1.54) is 12.1 Å². The van der Waals surface area contributed by atoms with Gasteiger partial charge in [0.1, 0.15) is 6.54 Å². The molecule has 3 rings (SSSR count). The minimum absolute atomic E-state index is 0.0362. The minimum Gasteiger partial charge on any atom is -0.323 e. The first-order chi connectivity index (χ1) is 12.4. The smallest absolute Gasteiger partial charge is 0.269 e. The van der Waals surface area contributed by atoms with E-state index in [-0.39, 0.29) is 11.2 Å². The molecule has 26 heavy (non-hydrogen) atoms. The second-order valence-corrected chi connectivity index (χ2v) is 7.00. The van der Waals surface area contributed by atoms with E-state index in [0.717, 1.165) is 12.1 Å². The molecule has 0 bridgehead atoms. The summed E-state index contributed by atoms with van der Waals surface area (Å²) in [6, 6.07) is 13.9. The van der Waals surface area contributed by atoms with Gasteiger partial charge in [-0.25, -0.2) is 4.98 Å². The average Bonchev–Trinajstić information content (AvgIpc) is 2.61. The summed E-state index contributed by atoms with van der Waals surface area (Å²) < 4.78 is 2.29. The van der Waals surface area contributed by atoms with Crippen molar-refractivity contribution in [2.75, 3.05) is 20.6 Å². The summed E-state index contributed by atoms with van der Waals surface area (Å²) >= 11 is 0. The van der Waals surface area contributed by atoms with Gasteiger partial charge in [-0.2, -0.15) is 0 Å². The second kappa shape index (κ2) is 7.05. The van der Waals surface area contributed by atoms with Gasteiger partial charge in [-0.1, -0.05) is 12.1 Å². The zero-order valence-corrected chi connectivity index (χ0v) is 14.8. The van der Waals surface area contributed by atoms with Gasteiger partial charge in [0.2, 0.25) is 0 Å². The fourth-order valence-electron chi connectivity index (χ4n) is 2.94. The Bertz CT molecular complexity index is 994. The highest BCUT2D eigenvalue weighted by atomic mass is 16.6. The number of rotatable bonds is 6. The molecule has 0 aliphatic rings. The molecule has 2 aromatic carbocycles. The largest absolute Gasteiger partial charge is 0.323 e. The number of quaternary nitrogens is 1. The second-order valence-electron chi connectivity index (χ2n) is 7.00. The van der Waals surface area contributed by atoms with Gasteiger partial charge in [-0.15, -0.1) is 0 Å². The monoisotopic (exact) mass is 353 g/mol. The third kappa shape index (κ3) is 3.94. The van der Waals surface area contributed by atoms with Crippen LogP contribution in [0.5, 0.6) is 0 Å². The molecular formula is C19H21N4O3+. The van der Waals surface area contributed by atoms with Gasteiger partial charge in [0, 0.05) is 17.7 Å². The number of nitro groups is 1. The SMILES string of the molecule is C[N+](C)(CCn1cnc2ccccc2c1=O)Cc1ccc([N+](=O)[O-])cc1. The first-order valence-electron chi connectivity index (χ1n) is 8.35. The normalized spacial score (nSPS) is 11.6. The summed E-state index contributed by atoms with van der Waals surface area (Å²) in [7, 11) is 4.14. The Kier molecular flexibility index (Phi) is 4.81. The number of likely N-dealkylation sites (N-methyl/N-ethyl adjacent to an activating group) is 1. The van der Waals surface area contributed by atoms with Crippen LogP contribution in [0, 0.1) is 10.1 Å². The highest BCUT2D eigenvalue weighted by molar-refractivity contribution is 5.76. The maximum absolute atomic E-state index is 12.6. The van der Waals surface area contributed by atoms with Crippen LogP contribution in [0.2, 0.25) is 0 Å². The molecule has 0 aliphatic heterocycles. The maximum atomic E-state index is 12.6. The summed E-state index contributed by atoms with van der Waals surface area (Å²) in [4.78, 5) is 27.2. The van der Waals surface area contributed by atoms with E-state index in [4.69, 9.17) is 0 Å². The number of hydrogen-bond acceptors (Lipinski definition) is 4. The lowest BCUT2D eigenvalue weighted by atomic mass is 10.2. The van der Waals surface area contributed by atoms with Gasteiger partial charge in [-0.3, -0.25) is 19.5 Å². The molecular weight excluding hydrogens is 332 g/mol. The Morgan fingerprint density at radius 1 is 1.12 bits per heavy atom. The van der Waals surface area contributed by atoms with Crippen molar-refractivity contribution in [2.45, 2.75) is 13.1 Å². The van der Waals surface area contributed by atoms with Crippen LogP contribution in [-0.4, -0.2) is 39.6 Å². The topological polar surface area (TPSA) is 78.0 Å². The number of fused-ring (bicyclic) bond motifs is 1. The Labute approximate surface area is 150 Å². The van der Waals surface area contributed by atoms with Crippen molar-refractivity contribution in [1.82, 2.24) is 9.55 Å². The number of nitro benzene ring substituents is 1. The molecule has 0 saturated carbocycles. The van der Waals surface area contributed by atoms with Gasteiger partial charge in [0.05, 0.1) is 49.3 Å². The van der Waals surface area contributed by atoms with Crippen LogP contribution >= 0.6 is 0 Å². The summed E-state index contributed by atoms with van der Waals surface area (Å²) in [6.07, 6.45) is 1.59. The van der Waals surface area contributed by atoms with Gasteiger partial charge >= 0.3 is 0 Å². The van der Waals surface area contributed by atoms with Gasteiger partial charge < -0.3 is 4.48 Å². The van der Waals surface area contributed by atoms with E-state index < -0.39 is 4.92 Å². The Balaban J connectivity index is 1.71. The molecule has 3 aromatic rings. The van der Waals surface area contributed by atoms with E-state index in [1.807, 2.05) is 18.2 Å². The third-order valence-corrected chi connectivity index (χ3v) is 4.44. The van der Waals surface area contributed by atoms with E-state index in [2.05, 4.69) is 19.1 Å². The molecule has 0 amide bonds. The molecule has 0 aliphatic carbocycles. The maximum Gasteiger partial charge on any atom is 0.269 e. The summed E-state index contributed by atoms with van der Waals surface area (Å²) in [5, 5.41) is 11.4. The predicted molar refractivity (Wildman–Crippen MR) is 99.8 cm³/mol. The first-order valence-corrected chi connectivity index (χ1v) is 8.35. The molecule has 7 heteroatoms. The Morgan fingerprint density at radius 2 is 1.81 bits per heavy atom. The predicted octanol–water partition coefficient (Wildman–Crippen LogP) is 2.58.